The van der Waals surface area contributed by atoms with Gasteiger partial charge in [0.15, 0.2) is 0 Å². The summed E-state index contributed by atoms with van der Waals surface area (Å²) in [5.74, 6) is 1.41. The second-order valence-electron chi connectivity index (χ2n) is 7.81. The third-order valence-electron chi connectivity index (χ3n) is 6.88. The zero-order valence-electron chi connectivity index (χ0n) is 11.5. The third kappa shape index (κ3) is 1.24. The molecule has 0 saturated heterocycles. The fraction of sp³-hybridized carbons (Fsp3) is 1.00. The molecular weight excluding hydrogens is 212 g/mol. The van der Waals surface area contributed by atoms with Gasteiger partial charge in [-0.2, -0.15) is 0 Å². The summed E-state index contributed by atoms with van der Waals surface area (Å²) in [6, 6.07) is 0. The molecular formula is C15H26O2. The summed E-state index contributed by atoms with van der Waals surface area (Å²) in [6.45, 7) is 8.88. The molecule has 1 unspecified atom stereocenters. The summed E-state index contributed by atoms with van der Waals surface area (Å²) < 4.78 is 0. The van der Waals surface area contributed by atoms with Gasteiger partial charge in [-0.15, -0.1) is 0 Å². The zero-order chi connectivity index (χ0) is 12.6. The van der Waals surface area contributed by atoms with E-state index >= 15 is 0 Å². The van der Waals surface area contributed by atoms with Crippen LogP contribution in [-0.2, 0) is 0 Å². The molecule has 3 aliphatic carbocycles. The molecule has 3 rings (SSSR count). The molecule has 17 heavy (non-hydrogen) atoms. The third-order valence-corrected chi connectivity index (χ3v) is 6.88. The molecule has 0 aliphatic heterocycles. The first-order chi connectivity index (χ1) is 7.72. The number of fused-ring (bicyclic) bond motifs is 1. The highest BCUT2D eigenvalue weighted by Gasteiger charge is 2.69. The fourth-order valence-electron chi connectivity index (χ4n) is 5.82. The van der Waals surface area contributed by atoms with E-state index in [4.69, 9.17) is 0 Å². The lowest BCUT2D eigenvalue weighted by molar-refractivity contribution is -0.0790. The molecule has 0 aromatic rings. The number of hydrogen-bond acceptors (Lipinski definition) is 2. The van der Waals surface area contributed by atoms with Crippen molar-refractivity contribution in [1.29, 1.82) is 0 Å². The molecule has 0 amide bonds. The maximum atomic E-state index is 10.6. The van der Waals surface area contributed by atoms with Crippen LogP contribution in [0.5, 0.6) is 0 Å². The van der Waals surface area contributed by atoms with E-state index in [9.17, 15) is 10.2 Å². The van der Waals surface area contributed by atoms with Gasteiger partial charge in [-0.25, -0.2) is 0 Å². The maximum absolute atomic E-state index is 10.6. The Bertz CT molecular complexity index is 347. The second kappa shape index (κ2) is 3.08. The van der Waals surface area contributed by atoms with E-state index in [2.05, 4.69) is 20.8 Å². The Morgan fingerprint density at radius 1 is 1.06 bits per heavy atom. The molecule has 0 aromatic carbocycles. The van der Waals surface area contributed by atoms with Gasteiger partial charge in [0.05, 0.1) is 11.7 Å². The molecule has 6 atom stereocenters. The first-order valence-electron chi connectivity index (χ1n) is 7.12. The minimum absolute atomic E-state index is 0.122. The van der Waals surface area contributed by atoms with Crippen LogP contribution in [0.2, 0.25) is 0 Å². The molecule has 2 bridgehead atoms. The van der Waals surface area contributed by atoms with E-state index < -0.39 is 5.60 Å². The number of rotatable bonds is 0. The molecule has 98 valence electrons. The van der Waals surface area contributed by atoms with Crippen molar-refractivity contribution in [3.05, 3.63) is 0 Å². The lowest BCUT2D eigenvalue weighted by Gasteiger charge is -2.44. The lowest BCUT2D eigenvalue weighted by Crippen LogP contribution is -2.45. The Hall–Kier alpha value is -0.0800. The van der Waals surface area contributed by atoms with Crippen LogP contribution in [-0.4, -0.2) is 21.9 Å². The average molecular weight is 238 g/mol. The van der Waals surface area contributed by atoms with Gasteiger partial charge in [0.25, 0.3) is 0 Å². The van der Waals surface area contributed by atoms with E-state index in [0.29, 0.717) is 23.2 Å². The van der Waals surface area contributed by atoms with Crippen LogP contribution in [0, 0.1) is 28.6 Å². The van der Waals surface area contributed by atoms with E-state index in [0.717, 1.165) is 25.7 Å². The summed E-state index contributed by atoms with van der Waals surface area (Å²) >= 11 is 0. The van der Waals surface area contributed by atoms with Gasteiger partial charge in [-0.1, -0.05) is 20.8 Å². The fourth-order valence-corrected chi connectivity index (χ4v) is 5.82. The summed E-state index contributed by atoms with van der Waals surface area (Å²) in [4.78, 5) is 0. The first-order valence-corrected chi connectivity index (χ1v) is 7.12. The van der Waals surface area contributed by atoms with Gasteiger partial charge in [-0.05, 0) is 61.2 Å². The predicted molar refractivity (Wildman–Crippen MR) is 67.5 cm³/mol. The van der Waals surface area contributed by atoms with Crippen molar-refractivity contribution in [3.63, 3.8) is 0 Å². The van der Waals surface area contributed by atoms with Gasteiger partial charge < -0.3 is 10.2 Å². The van der Waals surface area contributed by atoms with Crippen molar-refractivity contribution in [2.24, 2.45) is 28.6 Å². The first kappa shape index (κ1) is 12.0. The van der Waals surface area contributed by atoms with E-state index in [1.54, 1.807) is 0 Å². The van der Waals surface area contributed by atoms with E-state index in [1.165, 1.54) is 0 Å². The van der Waals surface area contributed by atoms with Crippen LogP contribution >= 0.6 is 0 Å². The van der Waals surface area contributed by atoms with Crippen molar-refractivity contribution in [1.82, 2.24) is 0 Å². The summed E-state index contributed by atoms with van der Waals surface area (Å²) in [5.41, 5.74) is -0.00861. The van der Waals surface area contributed by atoms with Crippen LogP contribution in [0.3, 0.4) is 0 Å². The minimum Gasteiger partial charge on any atom is -0.393 e. The highest BCUT2D eigenvalue weighted by Crippen LogP contribution is 2.73. The Labute approximate surface area is 104 Å². The molecule has 2 heteroatoms. The monoisotopic (exact) mass is 238 g/mol. The van der Waals surface area contributed by atoms with Crippen molar-refractivity contribution < 1.29 is 10.2 Å². The highest BCUT2D eigenvalue weighted by atomic mass is 16.3. The predicted octanol–water partition coefficient (Wildman–Crippen LogP) is 2.58. The summed E-state index contributed by atoms with van der Waals surface area (Å²) in [5, 5.41) is 20.8. The average Bonchev–Trinajstić information content (AvgIpc) is 2.58. The van der Waals surface area contributed by atoms with Crippen molar-refractivity contribution >= 4 is 0 Å². The molecule has 3 aliphatic rings. The standard InChI is InChI=1S/C15H26O2/c1-9-10(16)7-11-13(2,3)12-8-15(9,11)6-5-14(12,4)17/h9-12,16-17H,5-8H2,1-4H3/t9-,10-,11?,12-,14-,15+/m1/s1. The van der Waals surface area contributed by atoms with Crippen LogP contribution in [0.4, 0.5) is 0 Å². The van der Waals surface area contributed by atoms with Gasteiger partial charge in [0, 0.05) is 0 Å². The molecule has 3 fully saturated rings. The molecule has 1 spiro atoms. The number of aliphatic hydroxyl groups excluding tert-OH is 1. The van der Waals surface area contributed by atoms with Crippen LogP contribution in [0.1, 0.15) is 53.4 Å². The van der Waals surface area contributed by atoms with E-state index in [-0.39, 0.29) is 11.5 Å². The topological polar surface area (TPSA) is 40.5 Å². The molecule has 0 radical (unpaired) electrons. The minimum atomic E-state index is -0.496. The van der Waals surface area contributed by atoms with Gasteiger partial charge >= 0.3 is 0 Å². The second-order valence-corrected chi connectivity index (χ2v) is 7.81. The van der Waals surface area contributed by atoms with Gasteiger partial charge in [-0.3, -0.25) is 0 Å². The van der Waals surface area contributed by atoms with Crippen molar-refractivity contribution in [3.8, 4) is 0 Å². The molecule has 2 N–H and O–H groups in total. The highest BCUT2D eigenvalue weighted by molar-refractivity contribution is 5.18. The van der Waals surface area contributed by atoms with Crippen molar-refractivity contribution in [2.45, 2.75) is 65.1 Å². The van der Waals surface area contributed by atoms with Crippen LogP contribution in [0.15, 0.2) is 0 Å². The molecule has 3 saturated carbocycles. The molecule has 0 aromatic heterocycles. The van der Waals surface area contributed by atoms with Crippen molar-refractivity contribution in [2.75, 3.05) is 0 Å². The van der Waals surface area contributed by atoms with Gasteiger partial charge in [0.1, 0.15) is 0 Å². The van der Waals surface area contributed by atoms with E-state index in [1.807, 2.05) is 6.92 Å². The Morgan fingerprint density at radius 3 is 2.35 bits per heavy atom. The largest absolute Gasteiger partial charge is 0.393 e. The Kier molecular flexibility index (Phi) is 2.17. The quantitative estimate of drug-likeness (QED) is 0.681. The lowest BCUT2D eigenvalue weighted by atomic mass is 9.64. The Morgan fingerprint density at radius 2 is 1.71 bits per heavy atom. The normalized spacial score (nSPS) is 60.4. The molecule has 0 heterocycles. The molecule has 2 nitrogen and oxygen atoms in total. The SMILES string of the molecule is C[C@@H]1[C@H](O)CC2C(C)(C)[C@H]3C[C@]21CC[C@@]3(C)O. The summed E-state index contributed by atoms with van der Waals surface area (Å²) in [7, 11) is 0. The number of aliphatic hydroxyl groups is 2. The summed E-state index contributed by atoms with van der Waals surface area (Å²) in [6.07, 6.45) is 3.96. The smallest absolute Gasteiger partial charge is 0.0653 e. The van der Waals surface area contributed by atoms with Crippen LogP contribution in [0.25, 0.3) is 0 Å². The maximum Gasteiger partial charge on any atom is 0.0653 e. The Balaban J connectivity index is 2.07. The number of hydrogen-bond donors (Lipinski definition) is 2. The zero-order valence-corrected chi connectivity index (χ0v) is 11.5. The van der Waals surface area contributed by atoms with Crippen LogP contribution < -0.4 is 0 Å². The van der Waals surface area contributed by atoms with Gasteiger partial charge in [0.2, 0.25) is 0 Å².